The van der Waals surface area contributed by atoms with Crippen molar-refractivity contribution in [2.45, 2.75) is 25.3 Å². The Morgan fingerprint density at radius 1 is 1.19 bits per heavy atom. The Kier molecular flexibility index (Phi) is 3.34. The van der Waals surface area contributed by atoms with E-state index in [1.807, 2.05) is 18.2 Å². The van der Waals surface area contributed by atoms with Crippen LogP contribution in [0.25, 0.3) is 0 Å². The van der Waals surface area contributed by atoms with E-state index in [1.165, 1.54) is 12.8 Å². The van der Waals surface area contributed by atoms with Crippen LogP contribution in [-0.4, -0.2) is 14.2 Å². The van der Waals surface area contributed by atoms with Crippen LogP contribution in [0.3, 0.4) is 0 Å². The number of benzene rings is 1. The molecule has 0 heterocycles. The number of ether oxygens (including phenoxy) is 2. The summed E-state index contributed by atoms with van der Waals surface area (Å²) in [5.41, 5.74) is 7.27. The molecular weight excluding hydrogens is 202 g/mol. The number of rotatable bonds is 5. The van der Waals surface area contributed by atoms with Crippen LogP contribution in [0.5, 0.6) is 11.5 Å². The van der Waals surface area contributed by atoms with Crippen LogP contribution in [0.4, 0.5) is 0 Å². The van der Waals surface area contributed by atoms with Gasteiger partial charge in [0.05, 0.1) is 14.2 Å². The Bertz CT molecular complexity index is 339. The molecule has 0 aliphatic heterocycles. The molecule has 1 aliphatic rings. The Labute approximate surface area is 96.5 Å². The minimum Gasteiger partial charge on any atom is -0.497 e. The van der Waals surface area contributed by atoms with E-state index in [-0.39, 0.29) is 6.04 Å². The zero-order valence-corrected chi connectivity index (χ0v) is 9.90. The maximum absolute atomic E-state index is 6.17. The lowest BCUT2D eigenvalue weighted by atomic mass is 10.0. The molecule has 1 saturated carbocycles. The van der Waals surface area contributed by atoms with E-state index in [1.54, 1.807) is 14.2 Å². The number of nitrogens with two attached hydrogens (primary N) is 1. The van der Waals surface area contributed by atoms with Crippen molar-refractivity contribution in [3.63, 3.8) is 0 Å². The highest BCUT2D eigenvalue weighted by Gasteiger charge is 2.24. The molecule has 0 aromatic heterocycles. The smallest absolute Gasteiger partial charge is 0.122 e. The Hall–Kier alpha value is -1.22. The number of hydrogen-bond donors (Lipinski definition) is 1. The summed E-state index contributed by atoms with van der Waals surface area (Å²) >= 11 is 0. The first-order valence-corrected chi connectivity index (χ1v) is 5.71. The van der Waals surface area contributed by atoms with E-state index in [4.69, 9.17) is 15.2 Å². The van der Waals surface area contributed by atoms with Gasteiger partial charge >= 0.3 is 0 Å². The van der Waals surface area contributed by atoms with Gasteiger partial charge in [-0.1, -0.05) is 12.8 Å². The second-order valence-corrected chi connectivity index (χ2v) is 4.43. The lowest BCUT2D eigenvalue weighted by Gasteiger charge is -2.14. The van der Waals surface area contributed by atoms with E-state index < -0.39 is 0 Å². The second kappa shape index (κ2) is 4.74. The zero-order valence-electron chi connectivity index (χ0n) is 9.90. The van der Waals surface area contributed by atoms with Gasteiger partial charge in [0, 0.05) is 12.1 Å². The minimum absolute atomic E-state index is 0.0940. The maximum atomic E-state index is 6.17. The summed E-state index contributed by atoms with van der Waals surface area (Å²) in [5.74, 6) is 2.44. The highest BCUT2D eigenvalue weighted by Crippen LogP contribution is 2.37. The van der Waals surface area contributed by atoms with Gasteiger partial charge in [0.2, 0.25) is 0 Å². The average molecular weight is 221 g/mol. The van der Waals surface area contributed by atoms with Crippen molar-refractivity contribution in [3.8, 4) is 11.5 Å². The van der Waals surface area contributed by atoms with E-state index in [2.05, 4.69) is 0 Å². The van der Waals surface area contributed by atoms with Crippen LogP contribution in [0.15, 0.2) is 18.2 Å². The van der Waals surface area contributed by atoms with Crippen LogP contribution >= 0.6 is 0 Å². The van der Waals surface area contributed by atoms with Crippen molar-refractivity contribution in [2.24, 2.45) is 11.7 Å². The quantitative estimate of drug-likeness (QED) is 0.830. The first-order valence-electron chi connectivity index (χ1n) is 5.71. The molecule has 0 radical (unpaired) electrons. The fourth-order valence-electron chi connectivity index (χ4n) is 1.89. The molecule has 0 unspecified atom stereocenters. The third-order valence-corrected chi connectivity index (χ3v) is 3.09. The average Bonchev–Trinajstić information content (AvgIpc) is 3.12. The predicted molar refractivity (Wildman–Crippen MR) is 63.8 cm³/mol. The van der Waals surface area contributed by atoms with Gasteiger partial charge in [0.15, 0.2) is 0 Å². The maximum Gasteiger partial charge on any atom is 0.122 e. The summed E-state index contributed by atoms with van der Waals surface area (Å²) in [6, 6.07) is 5.95. The van der Waals surface area contributed by atoms with E-state index in [0.29, 0.717) is 0 Å². The molecule has 1 aromatic carbocycles. The van der Waals surface area contributed by atoms with E-state index in [0.717, 1.165) is 29.4 Å². The molecule has 3 nitrogen and oxygen atoms in total. The highest BCUT2D eigenvalue weighted by molar-refractivity contribution is 5.39. The molecule has 1 fully saturated rings. The molecule has 0 saturated heterocycles. The summed E-state index contributed by atoms with van der Waals surface area (Å²) in [5, 5.41) is 0. The molecule has 2 rings (SSSR count). The Morgan fingerprint density at radius 3 is 2.19 bits per heavy atom. The van der Waals surface area contributed by atoms with Gasteiger partial charge in [-0.3, -0.25) is 0 Å². The summed E-state index contributed by atoms with van der Waals surface area (Å²) < 4.78 is 10.5. The summed E-state index contributed by atoms with van der Waals surface area (Å²) in [6.07, 6.45) is 3.72. The Balaban J connectivity index is 2.16. The molecule has 16 heavy (non-hydrogen) atoms. The molecule has 1 atom stereocenters. The number of hydrogen-bond acceptors (Lipinski definition) is 3. The van der Waals surface area contributed by atoms with Gasteiger partial charge in [0.1, 0.15) is 11.5 Å². The van der Waals surface area contributed by atoms with Gasteiger partial charge in [-0.25, -0.2) is 0 Å². The monoisotopic (exact) mass is 221 g/mol. The lowest BCUT2D eigenvalue weighted by molar-refractivity contribution is 0.392. The van der Waals surface area contributed by atoms with Gasteiger partial charge in [-0.2, -0.15) is 0 Å². The van der Waals surface area contributed by atoms with Crippen molar-refractivity contribution in [2.75, 3.05) is 14.2 Å². The van der Waals surface area contributed by atoms with Gasteiger partial charge < -0.3 is 15.2 Å². The van der Waals surface area contributed by atoms with E-state index in [9.17, 15) is 0 Å². The molecule has 2 N–H and O–H groups in total. The summed E-state index contributed by atoms with van der Waals surface area (Å²) in [6.45, 7) is 0. The van der Waals surface area contributed by atoms with Crippen LogP contribution in [-0.2, 0) is 0 Å². The zero-order chi connectivity index (χ0) is 11.5. The third-order valence-electron chi connectivity index (χ3n) is 3.09. The second-order valence-electron chi connectivity index (χ2n) is 4.43. The lowest BCUT2D eigenvalue weighted by Crippen LogP contribution is -2.11. The molecule has 88 valence electrons. The molecule has 0 spiro atoms. The first-order chi connectivity index (χ1) is 7.72. The van der Waals surface area contributed by atoms with Crippen LogP contribution in [0.1, 0.15) is 30.9 Å². The summed E-state index contributed by atoms with van der Waals surface area (Å²) in [4.78, 5) is 0. The van der Waals surface area contributed by atoms with Gasteiger partial charge in [0.25, 0.3) is 0 Å². The van der Waals surface area contributed by atoms with Crippen molar-refractivity contribution >= 4 is 0 Å². The minimum atomic E-state index is 0.0940. The largest absolute Gasteiger partial charge is 0.497 e. The topological polar surface area (TPSA) is 44.5 Å². The highest BCUT2D eigenvalue weighted by atomic mass is 16.5. The van der Waals surface area contributed by atoms with Crippen molar-refractivity contribution in [1.82, 2.24) is 0 Å². The first kappa shape index (κ1) is 11.3. The van der Waals surface area contributed by atoms with Crippen LogP contribution < -0.4 is 15.2 Å². The van der Waals surface area contributed by atoms with Crippen LogP contribution in [0.2, 0.25) is 0 Å². The van der Waals surface area contributed by atoms with Crippen molar-refractivity contribution in [1.29, 1.82) is 0 Å². The molecule has 0 bridgehead atoms. The van der Waals surface area contributed by atoms with Crippen molar-refractivity contribution < 1.29 is 9.47 Å². The molecule has 3 heteroatoms. The van der Waals surface area contributed by atoms with Crippen molar-refractivity contribution in [3.05, 3.63) is 23.8 Å². The molecule has 0 amide bonds. The predicted octanol–water partition coefficient (Wildman–Crippen LogP) is 2.50. The fraction of sp³-hybridized carbons (Fsp3) is 0.538. The summed E-state index contributed by atoms with van der Waals surface area (Å²) in [7, 11) is 3.32. The standard InChI is InChI=1S/C13H19NO2/c1-15-11-6-10(7-12(8-11)16-2)13(14)5-9-3-4-9/h6-9,13H,3-5,14H2,1-2H3/t13-/m0/s1. The number of methoxy groups -OCH3 is 2. The normalized spacial score (nSPS) is 16.9. The van der Waals surface area contributed by atoms with Gasteiger partial charge in [-0.05, 0) is 30.0 Å². The SMILES string of the molecule is COc1cc(OC)cc([C@@H](N)CC2CC2)c1. The molecule has 1 aliphatic carbocycles. The van der Waals surface area contributed by atoms with E-state index >= 15 is 0 Å². The Morgan fingerprint density at radius 2 is 1.75 bits per heavy atom. The molecule has 1 aromatic rings. The fourth-order valence-corrected chi connectivity index (χ4v) is 1.89. The molecular formula is C13H19NO2. The van der Waals surface area contributed by atoms with Crippen LogP contribution in [0, 0.1) is 5.92 Å². The third kappa shape index (κ3) is 2.67. The van der Waals surface area contributed by atoms with Gasteiger partial charge in [-0.15, -0.1) is 0 Å².